The molecule has 0 saturated heterocycles. The lowest BCUT2D eigenvalue weighted by Gasteiger charge is -2.01. The van der Waals surface area contributed by atoms with Crippen LogP contribution in [0.4, 0.5) is 0 Å². The fourth-order valence-electron chi connectivity index (χ4n) is 1.76. The summed E-state index contributed by atoms with van der Waals surface area (Å²) in [7, 11) is 0. The molecule has 2 aromatic carbocycles. The zero-order valence-corrected chi connectivity index (χ0v) is 8.01. The summed E-state index contributed by atoms with van der Waals surface area (Å²) in [5.41, 5.74) is 1.78. The highest BCUT2D eigenvalue weighted by molar-refractivity contribution is 5.93. The number of fused-ring (bicyclic) bond motifs is 2. The van der Waals surface area contributed by atoms with Crippen LogP contribution < -0.4 is 0 Å². The van der Waals surface area contributed by atoms with Crippen molar-refractivity contribution in [3.63, 3.8) is 0 Å². The van der Waals surface area contributed by atoms with Crippen molar-refractivity contribution >= 4 is 21.8 Å². The van der Waals surface area contributed by atoms with E-state index in [1.165, 1.54) is 0 Å². The minimum atomic E-state index is 0.255. The first-order valence-electron chi connectivity index (χ1n) is 4.81. The average Bonchev–Trinajstić information content (AvgIpc) is 2.26. The van der Waals surface area contributed by atoms with Crippen LogP contribution >= 0.6 is 0 Å². The Labute approximate surface area is 86.8 Å². The number of para-hydroxylation sites is 1. The lowest BCUT2D eigenvalue weighted by Crippen LogP contribution is -1.81. The van der Waals surface area contributed by atoms with Crippen LogP contribution in [0.15, 0.2) is 48.5 Å². The number of phenolic OH excluding ortho intramolecular Hbond substituents is 1. The molecule has 15 heavy (non-hydrogen) atoms. The fraction of sp³-hybridized carbons (Fsp3) is 0. The van der Waals surface area contributed by atoms with E-state index in [0.717, 1.165) is 21.8 Å². The summed E-state index contributed by atoms with van der Waals surface area (Å²) < 4.78 is 0. The van der Waals surface area contributed by atoms with E-state index in [2.05, 4.69) is 11.1 Å². The van der Waals surface area contributed by atoms with Crippen molar-refractivity contribution in [3.05, 3.63) is 48.5 Å². The summed E-state index contributed by atoms with van der Waals surface area (Å²) in [6, 6.07) is 15.3. The summed E-state index contributed by atoms with van der Waals surface area (Å²) in [5.74, 6) is 0.255. The number of benzene rings is 2. The molecule has 2 nitrogen and oxygen atoms in total. The number of pyridine rings is 1. The number of nitrogens with zero attached hydrogens (tertiary/aromatic N) is 1. The smallest absolute Gasteiger partial charge is 0.117 e. The highest BCUT2D eigenvalue weighted by atomic mass is 16.3. The van der Waals surface area contributed by atoms with Gasteiger partial charge >= 0.3 is 0 Å². The van der Waals surface area contributed by atoms with Crippen molar-refractivity contribution in [1.29, 1.82) is 0 Å². The molecule has 0 spiro atoms. The number of aromatic nitrogens is 1. The molecule has 0 saturated carbocycles. The van der Waals surface area contributed by atoms with Gasteiger partial charge in [0.25, 0.3) is 0 Å². The van der Waals surface area contributed by atoms with Crippen LogP contribution in [0.2, 0.25) is 0 Å². The molecule has 0 aliphatic rings. The summed E-state index contributed by atoms with van der Waals surface area (Å²) in [5, 5.41) is 11.5. The molecular weight excluding hydrogens is 186 g/mol. The quantitative estimate of drug-likeness (QED) is 0.559. The van der Waals surface area contributed by atoms with Crippen LogP contribution in [0.25, 0.3) is 21.8 Å². The molecule has 0 aliphatic heterocycles. The summed E-state index contributed by atoms with van der Waals surface area (Å²) in [4.78, 5) is 4.48. The molecule has 1 heterocycles. The summed E-state index contributed by atoms with van der Waals surface area (Å²) in [6.45, 7) is 0. The average molecular weight is 195 g/mol. The largest absolute Gasteiger partial charge is 0.508 e. The second kappa shape index (κ2) is 2.95. The zero-order chi connectivity index (χ0) is 10.3. The monoisotopic (exact) mass is 195 g/mol. The Morgan fingerprint density at radius 3 is 2.53 bits per heavy atom. The van der Waals surface area contributed by atoms with Crippen molar-refractivity contribution in [1.82, 2.24) is 4.98 Å². The predicted octanol–water partition coefficient (Wildman–Crippen LogP) is 3.09. The van der Waals surface area contributed by atoms with Gasteiger partial charge in [-0.15, -0.1) is 0 Å². The molecule has 1 aromatic heterocycles. The number of aromatic hydroxyl groups is 1. The van der Waals surface area contributed by atoms with Crippen molar-refractivity contribution in [3.8, 4) is 5.75 Å². The van der Waals surface area contributed by atoms with Crippen LogP contribution in [0, 0.1) is 0 Å². The molecule has 72 valence electrons. The topological polar surface area (TPSA) is 33.1 Å². The van der Waals surface area contributed by atoms with Crippen molar-refractivity contribution in [2.45, 2.75) is 0 Å². The Kier molecular flexibility index (Phi) is 1.62. The van der Waals surface area contributed by atoms with Gasteiger partial charge in [0, 0.05) is 16.8 Å². The van der Waals surface area contributed by atoms with Crippen LogP contribution in [0.5, 0.6) is 5.75 Å². The van der Waals surface area contributed by atoms with Gasteiger partial charge in [-0.05, 0) is 24.3 Å². The maximum absolute atomic E-state index is 9.36. The van der Waals surface area contributed by atoms with Gasteiger partial charge in [0.15, 0.2) is 0 Å². The second-order valence-electron chi connectivity index (χ2n) is 3.56. The molecule has 3 rings (SSSR count). The van der Waals surface area contributed by atoms with E-state index in [1.54, 1.807) is 12.1 Å². The van der Waals surface area contributed by atoms with Crippen molar-refractivity contribution < 1.29 is 5.11 Å². The molecule has 0 bridgehead atoms. The Hall–Kier alpha value is -2.09. The maximum atomic E-state index is 9.36. The SMILES string of the molecule is Oc1ccc2cc3ccccc3nc2c1. The molecular formula is C13H9NO. The number of hydrogen-bond acceptors (Lipinski definition) is 2. The van der Waals surface area contributed by atoms with E-state index in [-0.39, 0.29) is 5.75 Å². The molecule has 0 amide bonds. The van der Waals surface area contributed by atoms with Gasteiger partial charge in [0.2, 0.25) is 0 Å². The van der Waals surface area contributed by atoms with Gasteiger partial charge in [0.05, 0.1) is 11.0 Å². The first-order chi connectivity index (χ1) is 7.33. The molecule has 0 unspecified atom stereocenters. The Morgan fingerprint density at radius 2 is 1.60 bits per heavy atom. The van der Waals surface area contributed by atoms with Crippen LogP contribution in [-0.4, -0.2) is 10.1 Å². The third-order valence-electron chi connectivity index (χ3n) is 2.50. The summed E-state index contributed by atoms with van der Waals surface area (Å²) >= 11 is 0. The minimum absolute atomic E-state index is 0.255. The first-order valence-corrected chi connectivity index (χ1v) is 4.81. The van der Waals surface area contributed by atoms with E-state index in [0.29, 0.717) is 0 Å². The lowest BCUT2D eigenvalue weighted by molar-refractivity contribution is 0.476. The van der Waals surface area contributed by atoms with Crippen LogP contribution in [0.3, 0.4) is 0 Å². The zero-order valence-electron chi connectivity index (χ0n) is 8.01. The highest BCUT2D eigenvalue weighted by Gasteiger charge is 1.99. The molecule has 2 heteroatoms. The third kappa shape index (κ3) is 1.31. The fourth-order valence-corrected chi connectivity index (χ4v) is 1.76. The molecule has 0 fully saturated rings. The van der Waals surface area contributed by atoms with E-state index in [9.17, 15) is 5.11 Å². The Bertz CT molecular complexity index is 646. The van der Waals surface area contributed by atoms with Gasteiger partial charge in [-0.25, -0.2) is 4.98 Å². The standard InChI is InChI=1S/C13H9NO/c15-11-6-5-10-7-9-3-1-2-4-12(9)14-13(10)8-11/h1-8,15H. The molecule has 1 N–H and O–H groups in total. The van der Waals surface area contributed by atoms with Crippen molar-refractivity contribution in [2.75, 3.05) is 0 Å². The maximum Gasteiger partial charge on any atom is 0.117 e. The Balaban J connectivity index is 2.47. The van der Waals surface area contributed by atoms with Crippen molar-refractivity contribution in [2.24, 2.45) is 0 Å². The van der Waals surface area contributed by atoms with E-state index < -0.39 is 0 Å². The van der Waals surface area contributed by atoms with E-state index in [4.69, 9.17) is 0 Å². The summed E-state index contributed by atoms with van der Waals surface area (Å²) in [6.07, 6.45) is 0. The van der Waals surface area contributed by atoms with E-state index >= 15 is 0 Å². The van der Waals surface area contributed by atoms with Gasteiger partial charge < -0.3 is 5.11 Å². The molecule has 0 atom stereocenters. The lowest BCUT2D eigenvalue weighted by atomic mass is 10.1. The highest BCUT2D eigenvalue weighted by Crippen LogP contribution is 2.22. The molecule has 0 aliphatic carbocycles. The van der Waals surface area contributed by atoms with Gasteiger partial charge in [-0.1, -0.05) is 18.2 Å². The van der Waals surface area contributed by atoms with Crippen LogP contribution in [0.1, 0.15) is 0 Å². The molecule has 0 radical (unpaired) electrons. The third-order valence-corrected chi connectivity index (χ3v) is 2.50. The Morgan fingerprint density at radius 1 is 0.800 bits per heavy atom. The number of rotatable bonds is 0. The van der Waals surface area contributed by atoms with E-state index in [1.807, 2.05) is 30.3 Å². The normalized spacial score (nSPS) is 10.9. The number of phenols is 1. The predicted molar refractivity (Wildman–Crippen MR) is 60.9 cm³/mol. The second-order valence-corrected chi connectivity index (χ2v) is 3.56. The van der Waals surface area contributed by atoms with Gasteiger partial charge in [0.1, 0.15) is 5.75 Å². The minimum Gasteiger partial charge on any atom is -0.508 e. The van der Waals surface area contributed by atoms with Crippen LogP contribution in [-0.2, 0) is 0 Å². The molecule has 3 aromatic rings. The van der Waals surface area contributed by atoms with Gasteiger partial charge in [-0.3, -0.25) is 0 Å². The van der Waals surface area contributed by atoms with Gasteiger partial charge in [-0.2, -0.15) is 0 Å². The number of hydrogen-bond donors (Lipinski definition) is 1. The first kappa shape index (κ1) is 8.24.